The summed E-state index contributed by atoms with van der Waals surface area (Å²) in [5, 5.41) is 0. The van der Waals surface area contributed by atoms with Gasteiger partial charge in [0.1, 0.15) is 18.2 Å². The second kappa shape index (κ2) is 9.66. The van der Waals surface area contributed by atoms with Crippen LogP contribution < -0.4 is 4.74 Å². The second-order valence-corrected chi connectivity index (χ2v) is 10.3. The molecule has 2 bridgehead atoms. The Bertz CT molecular complexity index is 1300. The van der Waals surface area contributed by atoms with E-state index in [-0.39, 0.29) is 48.2 Å². The molecule has 37 heavy (non-hydrogen) atoms. The van der Waals surface area contributed by atoms with Gasteiger partial charge in [0.2, 0.25) is 0 Å². The van der Waals surface area contributed by atoms with Crippen LogP contribution in [-0.2, 0) is 4.74 Å². The molecule has 1 amide bonds. The number of carbonyl (C=O) groups is 2. The first kappa shape index (κ1) is 23.7. The predicted molar refractivity (Wildman–Crippen MR) is 138 cm³/mol. The number of piperidine rings is 2. The maximum atomic E-state index is 13.7. The molecular weight excluding hydrogens is 469 g/mol. The van der Waals surface area contributed by atoms with Gasteiger partial charge in [-0.1, -0.05) is 48.5 Å². The van der Waals surface area contributed by atoms with E-state index in [2.05, 4.69) is 24.3 Å². The molecule has 2 heterocycles. The Hall–Kier alpha value is -3.67. The number of benzene rings is 3. The van der Waals surface area contributed by atoms with E-state index in [0.29, 0.717) is 18.4 Å². The number of fused-ring (bicyclic) bond motifs is 5. The summed E-state index contributed by atoms with van der Waals surface area (Å²) < 4.78 is 24.9. The molecule has 2 atom stereocenters. The van der Waals surface area contributed by atoms with E-state index in [4.69, 9.17) is 9.47 Å². The molecule has 3 aromatic rings. The number of amides is 1. The molecule has 3 aliphatic rings. The third-order valence-corrected chi connectivity index (χ3v) is 8.32. The lowest BCUT2D eigenvalue weighted by Gasteiger charge is -2.47. The SMILES string of the molecule is COc1cc(F)ccc1C(=O)C1CC2CCCC(C1)N2C(=O)OCC1c2ccccc2-c2ccccc21. The van der Waals surface area contributed by atoms with Gasteiger partial charge in [0.25, 0.3) is 0 Å². The molecule has 0 spiro atoms. The summed E-state index contributed by atoms with van der Waals surface area (Å²) in [6, 6.07) is 20.6. The average molecular weight is 500 g/mol. The van der Waals surface area contributed by atoms with Crippen LogP contribution in [0.2, 0.25) is 0 Å². The van der Waals surface area contributed by atoms with E-state index in [1.807, 2.05) is 29.2 Å². The molecule has 5 nitrogen and oxygen atoms in total. The minimum Gasteiger partial charge on any atom is -0.496 e. The maximum Gasteiger partial charge on any atom is 0.410 e. The molecule has 1 aliphatic carbocycles. The van der Waals surface area contributed by atoms with Crippen LogP contribution in [0.5, 0.6) is 5.75 Å². The number of hydrogen-bond acceptors (Lipinski definition) is 4. The van der Waals surface area contributed by atoms with Gasteiger partial charge in [-0.05, 0) is 66.5 Å². The van der Waals surface area contributed by atoms with Crippen molar-refractivity contribution < 1.29 is 23.5 Å². The lowest BCUT2D eigenvalue weighted by molar-refractivity contribution is 0.00645. The number of halogens is 1. The van der Waals surface area contributed by atoms with Crippen LogP contribution in [0.15, 0.2) is 66.7 Å². The van der Waals surface area contributed by atoms with Crippen molar-refractivity contribution in [2.75, 3.05) is 13.7 Å². The van der Waals surface area contributed by atoms with E-state index in [1.165, 1.54) is 47.6 Å². The zero-order valence-electron chi connectivity index (χ0n) is 20.9. The zero-order valence-corrected chi connectivity index (χ0v) is 20.9. The van der Waals surface area contributed by atoms with Gasteiger partial charge in [-0.15, -0.1) is 0 Å². The standard InChI is InChI=1S/C31H30FNO4/c1-36-29-17-20(32)13-14-27(29)30(34)19-15-21-7-6-8-22(16-19)33(21)31(35)37-18-28-25-11-4-2-9-23(25)24-10-3-5-12-26(24)28/h2-5,9-14,17,19,21-22,28H,6-8,15-16,18H2,1H3. The van der Waals surface area contributed by atoms with Crippen LogP contribution in [-0.4, -0.2) is 42.6 Å². The summed E-state index contributed by atoms with van der Waals surface area (Å²) in [6.45, 7) is 0.290. The smallest absolute Gasteiger partial charge is 0.410 e. The predicted octanol–water partition coefficient (Wildman–Crippen LogP) is 6.60. The van der Waals surface area contributed by atoms with Crippen LogP contribution in [0, 0.1) is 11.7 Å². The molecule has 0 aromatic heterocycles. The number of methoxy groups -OCH3 is 1. The van der Waals surface area contributed by atoms with Gasteiger partial charge in [-0.25, -0.2) is 9.18 Å². The lowest BCUT2D eigenvalue weighted by atomic mass is 9.75. The Labute approximate surface area is 216 Å². The van der Waals surface area contributed by atoms with Crippen molar-refractivity contribution in [3.63, 3.8) is 0 Å². The Morgan fingerprint density at radius 3 is 2.16 bits per heavy atom. The first-order valence-electron chi connectivity index (χ1n) is 13.1. The molecular formula is C31H30FNO4. The second-order valence-electron chi connectivity index (χ2n) is 10.3. The number of rotatable bonds is 5. The number of ether oxygens (including phenoxy) is 2. The van der Waals surface area contributed by atoms with Gasteiger partial charge in [-0.3, -0.25) is 4.79 Å². The number of Topliss-reactive ketones (excluding diaryl/α,β-unsaturated/α-hetero) is 1. The molecule has 0 radical (unpaired) electrons. The monoisotopic (exact) mass is 499 g/mol. The molecule has 6 rings (SSSR count). The zero-order chi connectivity index (χ0) is 25.5. The lowest BCUT2D eigenvalue weighted by Crippen LogP contribution is -2.55. The first-order chi connectivity index (χ1) is 18.0. The van der Waals surface area contributed by atoms with Gasteiger partial charge < -0.3 is 14.4 Å². The minimum atomic E-state index is -0.435. The largest absolute Gasteiger partial charge is 0.496 e. The van der Waals surface area contributed by atoms with E-state index in [0.717, 1.165) is 19.3 Å². The number of carbonyl (C=O) groups excluding carboxylic acids is 2. The quantitative estimate of drug-likeness (QED) is 0.371. The number of hydrogen-bond donors (Lipinski definition) is 0. The minimum absolute atomic E-state index is 0.0150. The molecule has 0 saturated carbocycles. The van der Waals surface area contributed by atoms with Gasteiger partial charge >= 0.3 is 6.09 Å². The fourth-order valence-corrected chi connectivity index (χ4v) is 6.65. The van der Waals surface area contributed by atoms with Gasteiger partial charge in [-0.2, -0.15) is 0 Å². The van der Waals surface area contributed by atoms with Crippen LogP contribution >= 0.6 is 0 Å². The highest BCUT2D eigenvalue weighted by atomic mass is 19.1. The van der Waals surface area contributed by atoms with Crippen molar-refractivity contribution >= 4 is 11.9 Å². The maximum absolute atomic E-state index is 13.7. The van der Waals surface area contributed by atoms with Crippen molar-refractivity contribution in [1.29, 1.82) is 0 Å². The van der Waals surface area contributed by atoms with E-state index in [1.54, 1.807) is 0 Å². The van der Waals surface area contributed by atoms with Crippen molar-refractivity contribution in [3.8, 4) is 16.9 Å². The molecule has 190 valence electrons. The molecule has 0 N–H and O–H groups in total. The molecule has 6 heteroatoms. The Morgan fingerprint density at radius 1 is 0.919 bits per heavy atom. The van der Waals surface area contributed by atoms with Crippen molar-refractivity contribution in [2.24, 2.45) is 5.92 Å². The molecule has 3 aromatic carbocycles. The molecule has 2 aliphatic heterocycles. The molecule has 2 unspecified atom stereocenters. The summed E-state index contributed by atoms with van der Waals surface area (Å²) in [7, 11) is 1.44. The third-order valence-electron chi connectivity index (χ3n) is 8.32. The average Bonchev–Trinajstić information content (AvgIpc) is 3.24. The Balaban J connectivity index is 1.17. The Morgan fingerprint density at radius 2 is 1.54 bits per heavy atom. The van der Waals surface area contributed by atoms with Gasteiger partial charge in [0, 0.05) is 30.0 Å². The van der Waals surface area contributed by atoms with Crippen molar-refractivity contribution in [2.45, 2.75) is 50.1 Å². The third kappa shape index (κ3) is 4.18. The van der Waals surface area contributed by atoms with E-state index >= 15 is 0 Å². The summed E-state index contributed by atoms with van der Waals surface area (Å²) >= 11 is 0. The molecule has 2 saturated heterocycles. The van der Waals surface area contributed by atoms with Crippen LogP contribution in [0.3, 0.4) is 0 Å². The highest BCUT2D eigenvalue weighted by Crippen LogP contribution is 2.45. The number of nitrogens with zero attached hydrogens (tertiary/aromatic N) is 1. The summed E-state index contributed by atoms with van der Waals surface area (Å²) in [4.78, 5) is 28.7. The van der Waals surface area contributed by atoms with E-state index < -0.39 is 5.82 Å². The van der Waals surface area contributed by atoms with Crippen LogP contribution in [0.4, 0.5) is 9.18 Å². The highest BCUT2D eigenvalue weighted by Gasteiger charge is 2.44. The highest BCUT2D eigenvalue weighted by molar-refractivity contribution is 6.00. The first-order valence-corrected chi connectivity index (χ1v) is 13.1. The summed E-state index contributed by atoms with van der Waals surface area (Å²) in [5.74, 6) is -0.432. The normalized spacial score (nSPS) is 22.2. The molecule has 2 fully saturated rings. The topological polar surface area (TPSA) is 55.8 Å². The fourth-order valence-electron chi connectivity index (χ4n) is 6.65. The van der Waals surface area contributed by atoms with E-state index in [9.17, 15) is 14.0 Å². The Kier molecular flexibility index (Phi) is 6.19. The summed E-state index contributed by atoms with van der Waals surface area (Å²) in [6.07, 6.45) is 3.61. The van der Waals surface area contributed by atoms with Gasteiger partial charge in [0.05, 0.1) is 12.7 Å². The fraction of sp³-hybridized carbons (Fsp3) is 0.355. The number of ketones is 1. The van der Waals surface area contributed by atoms with Crippen molar-refractivity contribution in [3.05, 3.63) is 89.2 Å². The van der Waals surface area contributed by atoms with Crippen LogP contribution in [0.25, 0.3) is 11.1 Å². The van der Waals surface area contributed by atoms with Crippen LogP contribution in [0.1, 0.15) is 59.5 Å². The van der Waals surface area contributed by atoms with Crippen molar-refractivity contribution in [1.82, 2.24) is 4.90 Å². The van der Waals surface area contributed by atoms with Gasteiger partial charge in [0.15, 0.2) is 5.78 Å². The summed E-state index contributed by atoms with van der Waals surface area (Å²) in [5.41, 5.74) is 5.18.